The van der Waals surface area contributed by atoms with Crippen LogP contribution >= 0.6 is 0 Å². The summed E-state index contributed by atoms with van der Waals surface area (Å²) >= 11 is 0. The summed E-state index contributed by atoms with van der Waals surface area (Å²) in [6.45, 7) is -0.0616. The molecule has 0 aliphatic rings. The van der Waals surface area contributed by atoms with Gasteiger partial charge >= 0.3 is 5.97 Å². The lowest BCUT2D eigenvalue weighted by molar-refractivity contribution is 0.0602. The minimum atomic E-state index is -0.713. The van der Waals surface area contributed by atoms with Gasteiger partial charge in [-0.15, -0.1) is 0 Å². The lowest BCUT2D eigenvalue weighted by atomic mass is 10.1. The van der Waals surface area contributed by atoms with E-state index >= 15 is 0 Å². The van der Waals surface area contributed by atoms with Crippen LogP contribution in [0.4, 0.5) is 10.1 Å². The fraction of sp³-hybridized carbons (Fsp3) is 0.0952. The van der Waals surface area contributed by atoms with E-state index in [0.717, 1.165) is 4.73 Å². The number of anilines is 1. The molecule has 29 heavy (non-hydrogen) atoms. The highest BCUT2D eigenvalue weighted by atomic mass is 19.1. The predicted octanol–water partition coefficient (Wildman–Crippen LogP) is 2.66. The van der Waals surface area contributed by atoms with E-state index in [4.69, 9.17) is 4.84 Å². The van der Waals surface area contributed by atoms with Crippen LogP contribution < -0.4 is 15.7 Å². The third-order valence-electron chi connectivity index (χ3n) is 4.00. The highest BCUT2D eigenvalue weighted by Crippen LogP contribution is 2.16. The number of rotatable bonds is 6. The van der Waals surface area contributed by atoms with E-state index in [0.29, 0.717) is 5.56 Å². The second kappa shape index (κ2) is 8.83. The lowest BCUT2D eigenvalue weighted by Crippen LogP contribution is -2.32. The Morgan fingerprint density at radius 3 is 2.55 bits per heavy atom. The van der Waals surface area contributed by atoms with Crippen LogP contribution in [0, 0.1) is 5.82 Å². The monoisotopic (exact) mass is 396 g/mol. The number of nitrogens with one attached hydrogen (secondary N) is 1. The van der Waals surface area contributed by atoms with Crippen molar-refractivity contribution in [2.45, 2.75) is 6.61 Å². The zero-order valence-corrected chi connectivity index (χ0v) is 15.4. The van der Waals surface area contributed by atoms with Crippen LogP contribution in [0.25, 0.3) is 0 Å². The van der Waals surface area contributed by atoms with Crippen molar-refractivity contribution < 1.29 is 23.6 Å². The van der Waals surface area contributed by atoms with Crippen LogP contribution in [0.1, 0.15) is 26.3 Å². The molecule has 148 valence electrons. The van der Waals surface area contributed by atoms with E-state index in [-0.39, 0.29) is 23.4 Å². The molecule has 1 heterocycles. The lowest BCUT2D eigenvalue weighted by Gasteiger charge is -2.11. The van der Waals surface area contributed by atoms with E-state index in [9.17, 15) is 18.8 Å². The van der Waals surface area contributed by atoms with Gasteiger partial charge in [0.1, 0.15) is 18.0 Å². The number of hydrogen-bond acceptors (Lipinski definition) is 5. The third-order valence-corrected chi connectivity index (χ3v) is 4.00. The standard InChI is InChI=1S/C21H17FN2O5/c1-28-21(27)16-8-2-3-10-18(16)23-19(25)17-9-5-11-24(20(17)26)29-13-14-6-4-7-15(22)12-14/h2-12H,13H2,1H3,(H,23,25). The maximum Gasteiger partial charge on any atom is 0.339 e. The zero-order valence-electron chi connectivity index (χ0n) is 15.4. The van der Waals surface area contributed by atoms with Gasteiger partial charge in [-0.3, -0.25) is 9.59 Å². The van der Waals surface area contributed by atoms with Gasteiger partial charge in [-0.05, 0) is 42.0 Å². The van der Waals surface area contributed by atoms with E-state index in [1.807, 2.05) is 0 Å². The Morgan fingerprint density at radius 2 is 1.79 bits per heavy atom. The van der Waals surface area contributed by atoms with Crippen molar-refractivity contribution in [2.75, 3.05) is 12.4 Å². The number of carbonyl (C=O) groups excluding carboxylic acids is 2. The number of halogens is 1. The first-order chi connectivity index (χ1) is 14.0. The van der Waals surface area contributed by atoms with Crippen LogP contribution in [0.5, 0.6) is 0 Å². The number of ether oxygens (including phenoxy) is 1. The van der Waals surface area contributed by atoms with Gasteiger partial charge in [0.05, 0.1) is 18.4 Å². The first-order valence-electron chi connectivity index (χ1n) is 8.57. The second-order valence-electron chi connectivity index (χ2n) is 5.95. The van der Waals surface area contributed by atoms with E-state index in [2.05, 4.69) is 10.1 Å². The number of nitrogens with zero attached hydrogens (tertiary/aromatic N) is 1. The van der Waals surface area contributed by atoms with Crippen molar-refractivity contribution in [1.82, 2.24) is 4.73 Å². The molecule has 1 aromatic heterocycles. The molecule has 7 nitrogen and oxygen atoms in total. The van der Waals surface area contributed by atoms with Crippen molar-refractivity contribution in [1.29, 1.82) is 0 Å². The Labute approximate surface area is 165 Å². The number of aromatic nitrogens is 1. The van der Waals surface area contributed by atoms with Gasteiger partial charge < -0.3 is 14.9 Å². The molecule has 3 aromatic rings. The molecule has 8 heteroatoms. The smallest absolute Gasteiger partial charge is 0.339 e. The summed E-state index contributed by atoms with van der Waals surface area (Å²) in [6.07, 6.45) is 1.35. The fourth-order valence-corrected chi connectivity index (χ4v) is 2.59. The van der Waals surface area contributed by atoms with Crippen molar-refractivity contribution in [3.63, 3.8) is 0 Å². The molecule has 2 aromatic carbocycles. The van der Waals surface area contributed by atoms with Crippen molar-refractivity contribution in [2.24, 2.45) is 0 Å². The quantitative estimate of drug-likeness (QED) is 0.648. The molecule has 0 unspecified atom stereocenters. The summed E-state index contributed by atoms with van der Waals surface area (Å²) in [7, 11) is 1.23. The molecule has 0 atom stereocenters. The Balaban J connectivity index is 1.80. The van der Waals surface area contributed by atoms with E-state index in [1.54, 1.807) is 18.2 Å². The molecule has 0 aliphatic carbocycles. The summed E-state index contributed by atoms with van der Waals surface area (Å²) in [4.78, 5) is 42.4. The molecule has 0 spiro atoms. The zero-order chi connectivity index (χ0) is 20.8. The molecule has 1 N–H and O–H groups in total. The van der Waals surface area contributed by atoms with Gasteiger partial charge in [0.2, 0.25) is 0 Å². The Hall–Kier alpha value is -3.94. The molecule has 0 aliphatic heterocycles. The Morgan fingerprint density at radius 1 is 1.03 bits per heavy atom. The summed E-state index contributed by atoms with van der Waals surface area (Å²) in [5, 5.41) is 2.53. The molecular weight excluding hydrogens is 379 g/mol. The van der Waals surface area contributed by atoms with Crippen molar-refractivity contribution >= 4 is 17.6 Å². The summed E-state index contributed by atoms with van der Waals surface area (Å²) < 4.78 is 18.8. The van der Waals surface area contributed by atoms with Crippen LogP contribution in [-0.4, -0.2) is 23.7 Å². The molecule has 0 radical (unpaired) electrons. The summed E-state index contributed by atoms with van der Waals surface area (Å²) in [6, 6.07) is 14.8. The average molecular weight is 396 g/mol. The minimum absolute atomic E-state index is 0.0616. The maximum absolute atomic E-state index is 13.3. The number of benzene rings is 2. The largest absolute Gasteiger partial charge is 0.465 e. The summed E-state index contributed by atoms with van der Waals surface area (Å²) in [5.41, 5.74) is 0.00363. The van der Waals surface area contributed by atoms with Crippen LogP contribution in [0.15, 0.2) is 71.7 Å². The highest BCUT2D eigenvalue weighted by molar-refractivity contribution is 6.07. The van der Waals surface area contributed by atoms with E-state index < -0.39 is 23.3 Å². The first-order valence-corrected chi connectivity index (χ1v) is 8.57. The number of carbonyl (C=O) groups is 2. The Bertz CT molecular complexity index is 1110. The molecular formula is C21H17FN2O5. The number of amides is 1. The molecule has 1 amide bonds. The summed E-state index contributed by atoms with van der Waals surface area (Å²) in [5.74, 6) is -1.75. The van der Waals surface area contributed by atoms with Gasteiger partial charge in [-0.25, -0.2) is 9.18 Å². The molecule has 0 fully saturated rings. The van der Waals surface area contributed by atoms with Gasteiger partial charge in [-0.2, -0.15) is 4.73 Å². The molecule has 0 saturated carbocycles. The number of hydrogen-bond donors (Lipinski definition) is 1. The topological polar surface area (TPSA) is 86.6 Å². The SMILES string of the molecule is COC(=O)c1ccccc1NC(=O)c1cccn(OCc2cccc(F)c2)c1=O. The predicted molar refractivity (Wildman–Crippen MR) is 103 cm³/mol. The second-order valence-corrected chi connectivity index (χ2v) is 5.95. The fourth-order valence-electron chi connectivity index (χ4n) is 2.59. The molecule has 3 rings (SSSR count). The maximum atomic E-state index is 13.3. The third kappa shape index (κ3) is 4.67. The average Bonchev–Trinajstić information content (AvgIpc) is 2.73. The van der Waals surface area contributed by atoms with Crippen LogP contribution in [0.2, 0.25) is 0 Å². The number of esters is 1. The van der Waals surface area contributed by atoms with Crippen molar-refractivity contribution in [3.05, 3.63) is 99.7 Å². The van der Waals surface area contributed by atoms with Crippen LogP contribution in [0.3, 0.4) is 0 Å². The minimum Gasteiger partial charge on any atom is -0.465 e. The number of methoxy groups -OCH3 is 1. The van der Waals surface area contributed by atoms with Crippen molar-refractivity contribution in [3.8, 4) is 0 Å². The number of pyridine rings is 1. The van der Waals surface area contributed by atoms with Gasteiger partial charge in [0, 0.05) is 6.20 Å². The Kier molecular flexibility index (Phi) is 6.03. The van der Waals surface area contributed by atoms with Gasteiger partial charge in [-0.1, -0.05) is 24.3 Å². The molecule has 0 saturated heterocycles. The number of para-hydroxylation sites is 1. The molecule has 0 bridgehead atoms. The van der Waals surface area contributed by atoms with Gasteiger partial charge in [0.25, 0.3) is 11.5 Å². The highest BCUT2D eigenvalue weighted by Gasteiger charge is 2.17. The normalized spacial score (nSPS) is 10.3. The van der Waals surface area contributed by atoms with Gasteiger partial charge in [0.15, 0.2) is 0 Å². The van der Waals surface area contributed by atoms with E-state index in [1.165, 1.54) is 55.8 Å². The van der Waals surface area contributed by atoms with Crippen LogP contribution in [-0.2, 0) is 11.3 Å². The first kappa shape index (κ1) is 19.8.